The number of para-hydroxylation sites is 1. The number of rotatable bonds is 6. The Bertz CT molecular complexity index is 866. The number of benzene rings is 1. The van der Waals surface area contributed by atoms with Crippen molar-refractivity contribution in [3.8, 4) is 5.75 Å². The number of nitrogens with one attached hydrogen (secondary N) is 2. The maximum Gasteiger partial charge on any atom is 0.243 e. The number of fused-ring (bicyclic) bond motifs is 1. The van der Waals surface area contributed by atoms with Gasteiger partial charge >= 0.3 is 0 Å². The number of amides is 1. The van der Waals surface area contributed by atoms with Crippen LogP contribution in [-0.4, -0.2) is 49.2 Å². The van der Waals surface area contributed by atoms with Crippen LogP contribution in [0.25, 0.3) is 0 Å². The van der Waals surface area contributed by atoms with E-state index in [1.807, 2.05) is 30.3 Å². The molecule has 164 valence electrons. The van der Waals surface area contributed by atoms with Crippen molar-refractivity contribution in [2.24, 2.45) is 4.99 Å². The SMILES string of the molecule is CC(C)c1cc(CNC(=NCC(=O)N(C)C)NC2CCOc3ccccc32)on1.I. The molecular formula is C21H30IN5O3. The van der Waals surface area contributed by atoms with Crippen LogP contribution in [0.1, 0.15) is 49.2 Å². The number of guanidine groups is 1. The topological polar surface area (TPSA) is 92.0 Å². The van der Waals surface area contributed by atoms with Crippen molar-refractivity contribution in [3.05, 3.63) is 47.3 Å². The molecule has 0 aliphatic carbocycles. The lowest BCUT2D eigenvalue weighted by atomic mass is 10.0. The molecule has 2 N–H and O–H groups in total. The molecule has 1 aliphatic rings. The van der Waals surface area contributed by atoms with E-state index in [4.69, 9.17) is 9.26 Å². The summed E-state index contributed by atoms with van der Waals surface area (Å²) in [5.41, 5.74) is 1.99. The molecule has 1 amide bonds. The van der Waals surface area contributed by atoms with Crippen molar-refractivity contribution >= 4 is 35.8 Å². The van der Waals surface area contributed by atoms with Crippen LogP contribution >= 0.6 is 24.0 Å². The molecule has 3 rings (SSSR count). The second kappa shape index (κ2) is 11.2. The first-order valence-corrected chi connectivity index (χ1v) is 9.86. The number of halogens is 1. The monoisotopic (exact) mass is 527 g/mol. The van der Waals surface area contributed by atoms with Crippen LogP contribution < -0.4 is 15.4 Å². The zero-order valence-electron chi connectivity index (χ0n) is 17.8. The summed E-state index contributed by atoms with van der Waals surface area (Å²) < 4.78 is 11.1. The van der Waals surface area contributed by atoms with Gasteiger partial charge < -0.3 is 24.8 Å². The minimum absolute atomic E-state index is 0. The quantitative estimate of drug-likeness (QED) is 0.341. The molecule has 8 nitrogen and oxygen atoms in total. The van der Waals surface area contributed by atoms with Crippen LogP contribution in [-0.2, 0) is 11.3 Å². The largest absolute Gasteiger partial charge is 0.493 e. The number of carbonyl (C=O) groups excluding carboxylic acids is 1. The van der Waals surface area contributed by atoms with Gasteiger partial charge in [0.15, 0.2) is 11.7 Å². The number of nitrogens with zero attached hydrogens (tertiary/aromatic N) is 3. The fourth-order valence-corrected chi connectivity index (χ4v) is 2.95. The highest BCUT2D eigenvalue weighted by Crippen LogP contribution is 2.31. The second-order valence-corrected chi connectivity index (χ2v) is 7.55. The third-order valence-corrected chi connectivity index (χ3v) is 4.74. The third-order valence-electron chi connectivity index (χ3n) is 4.74. The predicted octanol–water partition coefficient (Wildman–Crippen LogP) is 3.06. The number of hydrogen-bond donors (Lipinski definition) is 2. The normalized spacial score (nSPS) is 15.6. The van der Waals surface area contributed by atoms with E-state index < -0.39 is 0 Å². The van der Waals surface area contributed by atoms with Gasteiger partial charge in [-0.2, -0.15) is 0 Å². The number of aliphatic imine (C=N–C) groups is 1. The van der Waals surface area contributed by atoms with Crippen molar-refractivity contribution in [1.82, 2.24) is 20.7 Å². The smallest absolute Gasteiger partial charge is 0.243 e. The molecule has 2 aromatic rings. The minimum atomic E-state index is -0.0692. The van der Waals surface area contributed by atoms with Crippen LogP contribution in [0.3, 0.4) is 0 Å². The van der Waals surface area contributed by atoms with Crippen molar-refractivity contribution in [1.29, 1.82) is 0 Å². The number of likely N-dealkylation sites (N-methyl/N-ethyl adjacent to an activating group) is 1. The van der Waals surface area contributed by atoms with Gasteiger partial charge in [0.2, 0.25) is 5.91 Å². The standard InChI is InChI=1S/C21H29N5O3.HI/c1-14(2)18-11-15(29-25-18)12-22-21(23-13-20(27)26(3)4)24-17-9-10-28-19-8-6-5-7-16(17)19;/h5-8,11,14,17H,9-10,12-13H2,1-4H3,(H2,22,23,24);1H. The molecule has 9 heteroatoms. The molecule has 1 atom stereocenters. The van der Waals surface area contributed by atoms with Gasteiger partial charge in [-0.25, -0.2) is 4.99 Å². The highest BCUT2D eigenvalue weighted by Gasteiger charge is 2.22. The van der Waals surface area contributed by atoms with Gasteiger partial charge in [-0.1, -0.05) is 37.2 Å². The highest BCUT2D eigenvalue weighted by molar-refractivity contribution is 14.0. The van der Waals surface area contributed by atoms with Crippen molar-refractivity contribution in [2.45, 2.75) is 38.8 Å². The Morgan fingerprint density at radius 1 is 1.33 bits per heavy atom. The number of ether oxygens (including phenoxy) is 1. The van der Waals surface area contributed by atoms with Crippen molar-refractivity contribution in [2.75, 3.05) is 27.2 Å². The maximum atomic E-state index is 12.0. The van der Waals surface area contributed by atoms with Gasteiger partial charge in [0.05, 0.1) is 24.9 Å². The van der Waals surface area contributed by atoms with Gasteiger partial charge in [-0.15, -0.1) is 24.0 Å². The lowest BCUT2D eigenvalue weighted by Crippen LogP contribution is -2.41. The van der Waals surface area contributed by atoms with E-state index in [0.29, 0.717) is 25.0 Å². The van der Waals surface area contributed by atoms with Crippen LogP contribution in [0.2, 0.25) is 0 Å². The average Bonchev–Trinajstić information content (AvgIpc) is 3.19. The number of hydrogen-bond acceptors (Lipinski definition) is 5. The zero-order valence-corrected chi connectivity index (χ0v) is 20.2. The highest BCUT2D eigenvalue weighted by atomic mass is 127. The van der Waals surface area contributed by atoms with Crippen molar-refractivity contribution in [3.63, 3.8) is 0 Å². The molecule has 0 bridgehead atoms. The molecule has 2 heterocycles. The van der Waals surface area contributed by atoms with Crippen LogP contribution in [0.4, 0.5) is 0 Å². The van der Waals surface area contributed by atoms with E-state index in [1.165, 1.54) is 4.90 Å². The Balaban J connectivity index is 0.00000320. The maximum absolute atomic E-state index is 12.0. The summed E-state index contributed by atoms with van der Waals surface area (Å²) in [4.78, 5) is 18.0. The van der Waals surface area contributed by atoms with Crippen LogP contribution in [0.15, 0.2) is 39.8 Å². The summed E-state index contributed by atoms with van der Waals surface area (Å²) in [6.45, 7) is 5.24. The zero-order chi connectivity index (χ0) is 20.8. The fourth-order valence-electron chi connectivity index (χ4n) is 2.95. The van der Waals surface area contributed by atoms with E-state index in [0.717, 1.165) is 29.2 Å². The molecule has 0 saturated heterocycles. The van der Waals surface area contributed by atoms with Gasteiger partial charge in [-0.05, 0) is 12.0 Å². The Morgan fingerprint density at radius 3 is 2.80 bits per heavy atom. The average molecular weight is 527 g/mol. The summed E-state index contributed by atoms with van der Waals surface area (Å²) >= 11 is 0. The van der Waals surface area contributed by atoms with Crippen LogP contribution in [0.5, 0.6) is 5.75 Å². The van der Waals surface area contributed by atoms with E-state index in [-0.39, 0.29) is 42.5 Å². The molecular weight excluding hydrogens is 497 g/mol. The Kier molecular flexibility index (Phi) is 8.94. The second-order valence-electron chi connectivity index (χ2n) is 7.55. The summed E-state index contributed by atoms with van der Waals surface area (Å²) in [6.07, 6.45) is 0.805. The summed E-state index contributed by atoms with van der Waals surface area (Å²) in [7, 11) is 3.43. The minimum Gasteiger partial charge on any atom is -0.493 e. The van der Waals surface area contributed by atoms with Gasteiger partial charge in [0.1, 0.15) is 12.3 Å². The Labute approximate surface area is 194 Å². The third kappa shape index (κ3) is 6.35. The summed E-state index contributed by atoms with van der Waals surface area (Å²) in [6, 6.07) is 9.93. The molecule has 1 aromatic carbocycles. The van der Waals surface area contributed by atoms with E-state index in [1.54, 1.807) is 14.1 Å². The summed E-state index contributed by atoms with van der Waals surface area (Å²) in [5, 5.41) is 10.8. The van der Waals surface area contributed by atoms with E-state index in [2.05, 4.69) is 34.6 Å². The molecule has 0 saturated carbocycles. The first-order valence-electron chi connectivity index (χ1n) is 9.86. The lowest BCUT2D eigenvalue weighted by Gasteiger charge is -2.28. The fraction of sp³-hybridized carbons (Fsp3) is 0.476. The van der Waals surface area contributed by atoms with Gasteiger partial charge in [-0.3, -0.25) is 4.79 Å². The molecule has 1 aliphatic heterocycles. The first kappa shape index (κ1) is 24.0. The number of aromatic nitrogens is 1. The van der Waals surface area contributed by atoms with Crippen molar-refractivity contribution < 1.29 is 14.1 Å². The Morgan fingerprint density at radius 2 is 2.10 bits per heavy atom. The molecule has 1 aromatic heterocycles. The Hall–Kier alpha value is -2.30. The summed E-state index contributed by atoms with van der Waals surface area (Å²) in [5.74, 6) is 2.37. The molecule has 0 fully saturated rings. The lowest BCUT2D eigenvalue weighted by molar-refractivity contribution is -0.127. The molecule has 0 radical (unpaired) electrons. The first-order chi connectivity index (χ1) is 13.9. The molecule has 30 heavy (non-hydrogen) atoms. The molecule has 1 unspecified atom stereocenters. The van der Waals surface area contributed by atoms with E-state index >= 15 is 0 Å². The van der Waals surface area contributed by atoms with E-state index in [9.17, 15) is 4.79 Å². The van der Waals surface area contributed by atoms with Gasteiger partial charge in [0.25, 0.3) is 0 Å². The van der Waals surface area contributed by atoms with Crippen LogP contribution in [0, 0.1) is 0 Å². The molecule has 0 spiro atoms. The number of carbonyl (C=O) groups is 1. The van der Waals surface area contributed by atoms with Gasteiger partial charge in [0, 0.05) is 32.1 Å². The predicted molar refractivity (Wildman–Crippen MR) is 126 cm³/mol.